The Balaban J connectivity index is -0.000000330. The summed E-state index contributed by atoms with van der Waals surface area (Å²) in [6, 6.07) is 0. The zero-order chi connectivity index (χ0) is 18.7. The van der Waals surface area contributed by atoms with Crippen molar-refractivity contribution in [2.75, 3.05) is 26.4 Å². The monoisotopic (exact) mass is 335 g/mol. The van der Waals surface area contributed by atoms with Crippen molar-refractivity contribution in [2.24, 2.45) is 5.73 Å². The molecule has 0 spiro atoms. The lowest BCUT2D eigenvalue weighted by molar-refractivity contribution is -0.151. The molecule has 1 unspecified atom stereocenters. The highest BCUT2D eigenvalue weighted by atomic mass is 16.6. The van der Waals surface area contributed by atoms with Crippen molar-refractivity contribution < 1.29 is 38.8 Å². The zero-order valence-electron chi connectivity index (χ0n) is 13.4. The first-order valence-corrected chi connectivity index (χ1v) is 6.55. The molecule has 0 bridgehead atoms. The maximum atomic E-state index is 10.6. The van der Waals surface area contributed by atoms with E-state index in [-0.39, 0.29) is 19.8 Å². The van der Waals surface area contributed by atoms with E-state index in [1.54, 1.807) is 13.8 Å². The van der Waals surface area contributed by atoms with Gasteiger partial charge < -0.3 is 30.2 Å². The number of carbonyl (C=O) groups is 3. The molecule has 0 heterocycles. The number of ether oxygens (including phenoxy) is 3. The molecule has 0 radical (unpaired) electrons. The number of primary amides is 1. The highest BCUT2D eigenvalue weighted by molar-refractivity contribution is 5.82. The molecule has 0 aliphatic rings. The molecule has 0 aliphatic carbocycles. The van der Waals surface area contributed by atoms with E-state index in [1.165, 1.54) is 0 Å². The van der Waals surface area contributed by atoms with Gasteiger partial charge in [0, 0.05) is 12.2 Å². The summed E-state index contributed by atoms with van der Waals surface area (Å²) in [4.78, 5) is 30.8. The fraction of sp³-hybridized carbons (Fsp3) is 0.500. The molecule has 0 saturated heterocycles. The SMILES string of the molecule is C=CC(=O)OCC(C)OC(=O)C=C.CCOC(N)=O.OCCO. The Morgan fingerprint density at radius 2 is 1.57 bits per heavy atom. The summed E-state index contributed by atoms with van der Waals surface area (Å²) in [5, 5.41) is 15.2. The van der Waals surface area contributed by atoms with Gasteiger partial charge in [-0.3, -0.25) is 0 Å². The lowest BCUT2D eigenvalue weighted by Gasteiger charge is -2.10. The molecule has 0 aromatic rings. The van der Waals surface area contributed by atoms with Gasteiger partial charge in [-0.25, -0.2) is 14.4 Å². The average molecular weight is 335 g/mol. The Hall–Kier alpha value is -2.39. The summed E-state index contributed by atoms with van der Waals surface area (Å²) in [5.41, 5.74) is 4.54. The number of nitrogens with two attached hydrogens (primary N) is 1. The van der Waals surface area contributed by atoms with Crippen molar-refractivity contribution in [2.45, 2.75) is 20.0 Å². The Kier molecular flexibility index (Phi) is 21.8. The molecule has 0 aromatic carbocycles. The van der Waals surface area contributed by atoms with Crippen molar-refractivity contribution in [1.82, 2.24) is 0 Å². The molecule has 0 aromatic heterocycles. The van der Waals surface area contributed by atoms with E-state index < -0.39 is 24.1 Å². The summed E-state index contributed by atoms with van der Waals surface area (Å²) in [5.74, 6) is -1.08. The van der Waals surface area contributed by atoms with Crippen molar-refractivity contribution in [3.8, 4) is 0 Å². The normalized spacial score (nSPS) is 9.57. The van der Waals surface area contributed by atoms with Crippen LogP contribution in [0.2, 0.25) is 0 Å². The van der Waals surface area contributed by atoms with Crippen LogP contribution in [0.15, 0.2) is 25.3 Å². The molecule has 134 valence electrons. The van der Waals surface area contributed by atoms with Gasteiger partial charge in [0.25, 0.3) is 0 Å². The van der Waals surface area contributed by atoms with Gasteiger partial charge in [0.05, 0.1) is 19.8 Å². The standard InChI is InChI=1S/C9H12O4.C3H7NO2.C2H6O2/c1-4-8(10)12-6-7(3)13-9(11)5-2;1-2-6-3(4)5;3-1-2-4/h4-5,7H,1-2,6H2,3H3;2H2,1H3,(H2,4,5);3-4H,1-2H2. The Bertz CT molecular complexity index is 355. The average Bonchev–Trinajstić information content (AvgIpc) is 2.53. The number of carbonyl (C=O) groups excluding carboxylic acids is 3. The van der Waals surface area contributed by atoms with Gasteiger partial charge in [0.2, 0.25) is 0 Å². The third-order valence-corrected chi connectivity index (χ3v) is 1.50. The van der Waals surface area contributed by atoms with Gasteiger partial charge in [-0.15, -0.1) is 0 Å². The number of aliphatic hydroxyl groups is 2. The molecule has 9 heteroatoms. The van der Waals surface area contributed by atoms with Crippen molar-refractivity contribution in [3.63, 3.8) is 0 Å². The molecule has 0 fully saturated rings. The third kappa shape index (κ3) is 28.5. The largest absolute Gasteiger partial charge is 0.459 e. The topological polar surface area (TPSA) is 145 Å². The van der Waals surface area contributed by atoms with Crippen LogP contribution in [0.1, 0.15) is 13.8 Å². The minimum absolute atomic E-state index is 0.0183. The second-order valence-corrected chi connectivity index (χ2v) is 3.49. The Morgan fingerprint density at radius 3 is 1.83 bits per heavy atom. The van der Waals surface area contributed by atoms with Crippen molar-refractivity contribution in [3.05, 3.63) is 25.3 Å². The molecule has 0 saturated carbocycles. The molecule has 9 nitrogen and oxygen atoms in total. The number of amides is 1. The van der Waals surface area contributed by atoms with Gasteiger partial charge >= 0.3 is 18.0 Å². The van der Waals surface area contributed by atoms with Crippen LogP contribution in [0.3, 0.4) is 0 Å². The second kappa shape index (κ2) is 19.6. The zero-order valence-corrected chi connectivity index (χ0v) is 13.4. The van der Waals surface area contributed by atoms with Crippen LogP contribution in [0, 0.1) is 0 Å². The lowest BCUT2D eigenvalue weighted by Crippen LogP contribution is -2.20. The predicted molar refractivity (Wildman–Crippen MR) is 82.3 cm³/mol. The summed E-state index contributed by atoms with van der Waals surface area (Å²) < 4.78 is 13.5. The van der Waals surface area contributed by atoms with Crippen LogP contribution in [-0.2, 0) is 23.8 Å². The third-order valence-electron chi connectivity index (χ3n) is 1.50. The van der Waals surface area contributed by atoms with E-state index in [4.69, 9.17) is 14.9 Å². The molecule has 23 heavy (non-hydrogen) atoms. The Morgan fingerprint density at radius 1 is 1.09 bits per heavy atom. The molecule has 1 amide bonds. The first-order valence-electron chi connectivity index (χ1n) is 6.55. The highest BCUT2D eigenvalue weighted by Gasteiger charge is 2.07. The summed E-state index contributed by atoms with van der Waals surface area (Å²) >= 11 is 0. The van der Waals surface area contributed by atoms with Gasteiger partial charge in [0.15, 0.2) is 0 Å². The quantitative estimate of drug-likeness (QED) is 0.332. The van der Waals surface area contributed by atoms with Crippen LogP contribution in [0.5, 0.6) is 0 Å². The highest BCUT2D eigenvalue weighted by Crippen LogP contribution is 1.94. The maximum absolute atomic E-state index is 10.6. The number of hydrogen-bond acceptors (Lipinski definition) is 8. The van der Waals surface area contributed by atoms with Gasteiger partial charge in [-0.05, 0) is 13.8 Å². The van der Waals surface area contributed by atoms with Gasteiger partial charge in [0.1, 0.15) is 12.7 Å². The summed E-state index contributed by atoms with van der Waals surface area (Å²) in [6.45, 7) is 9.88. The summed E-state index contributed by atoms with van der Waals surface area (Å²) in [7, 11) is 0. The van der Waals surface area contributed by atoms with E-state index in [1.807, 2.05) is 0 Å². The minimum atomic E-state index is -0.711. The predicted octanol–water partition coefficient (Wildman–Crippen LogP) is -0.0941. The van der Waals surface area contributed by atoms with Crippen LogP contribution < -0.4 is 5.73 Å². The van der Waals surface area contributed by atoms with Crippen LogP contribution >= 0.6 is 0 Å². The Labute approximate surface area is 135 Å². The maximum Gasteiger partial charge on any atom is 0.404 e. The molecule has 0 rings (SSSR count). The minimum Gasteiger partial charge on any atom is -0.459 e. The van der Waals surface area contributed by atoms with E-state index in [0.29, 0.717) is 6.61 Å². The molecular weight excluding hydrogens is 310 g/mol. The van der Waals surface area contributed by atoms with E-state index >= 15 is 0 Å². The lowest BCUT2D eigenvalue weighted by atomic mass is 10.4. The number of esters is 2. The fourth-order valence-electron chi connectivity index (χ4n) is 0.681. The number of aliphatic hydroxyl groups excluding tert-OH is 2. The van der Waals surface area contributed by atoms with E-state index in [2.05, 4.69) is 28.4 Å². The first-order chi connectivity index (χ1) is 10.8. The molecule has 0 aliphatic heterocycles. The molecule has 4 N–H and O–H groups in total. The van der Waals surface area contributed by atoms with Crippen molar-refractivity contribution in [1.29, 1.82) is 0 Å². The van der Waals surface area contributed by atoms with Crippen LogP contribution in [0.25, 0.3) is 0 Å². The van der Waals surface area contributed by atoms with Crippen LogP contribution in [0.4, 0.5) is 4.79 Å². The van der Waals surface area contributed by atoms with E-state index in [0.717, 1.165) is 12.2 Å². The second-order valence-electron chi connectivity index (χ2n) is 3.49. The van der Waals surface area contributed by atoms with E-state index in [9.17, 15) is 14.4 Å². The van der Waals surface area contributed by atoms with Gasteiger partial charge in [-0.2, -0.15) is 0 Å². The first kappa shape index (κ1) is 25.6. The van der Waals surface area contributed by atoms with Gasteiger partial charge in [-0.1, -0.05) is 13.2 Å². The fourth-order valence-corrected chi connectivity index (χ4v) is 0.681. The summed E-state index contributed by atoms with van der Waals surface area (Å²) in [6.07, 6.45) is 0.903. The van der Waals surface area contributed by atoms with Crippen LogP contribution in [-0.4, -0.2) is 60.8 Å². The molecule has 1 atom stereocenters. The number of rotatable bonds is 7. The molecular formula is C14H25NO8. The van der Waals surface area contributed by atoms with Crippen molar-refractivity contribution >= 4 is 18.0 Å². The number of hydrogen-bond donors (Lipinski definition) is 3. The smallest absolute Gasteiger partial charge is 0.404 e.